The maximum atomic E-state index is 8.92. The van der Waals surface area contributed by atoms with Crippen molar-refractivity contribution >= 4 is 0 Å². The molecular formula is C50H44IrN2-2. The summed E-state index contributed by atoms with van der Waals surface area (Å²) in [5.41, 5.74) is 13.6. The molecule has 2 nitrogen and oxygen atoms in total. The fourth-order valence-electron chi connectivity index (χ4n) is 7.33. The average molecular weight is 872 g/mol. The summed E-state index contributed by atoms with van der Waals surface area (Å²) in [4.78, 5) is 8.96. The van der Waals surface area contributed by atoms with Crippen molar-refractivity contribution in [1.82, 2.24) is 9.97 Å². The molecule has 0 saturated heterocycles. The van der Waals surface area contributed by atoms with E-state index >= 15 is 0 Å². The predicted molar refractivity (Wildman–Crippen MR) is 216 cm³/mol. The second-order valence-corrected chi connectivity index (χ2v) is 13.8. The summed E-state index contributed by atoms with van der Waals surface area (Å²) in [5, 5.41) is 0. The van der Waals surface area contributed by atoms with E-state index in [1.165, 1.54) is 23.5 Å². The molecule has 0 spiro atoms. The van der Waals surface area contributed by atoms with Gasteiger partial charge in [0.2, 0.25) is 0 Å². The molecule has 7 aromatic rings. The van der Waals surface area contributed by atoms with Crippen LogP contribution in [0, 0.1) is 32.8 Å². The first-order valence-electron chi connectivity index (χ1n) is 21.6. The molecular weight excluding hydrogens is 821 g/mol. The van der Waals surface area contributed by atoms with Crippen LogP contribution in [0.5, 0.6) is 0 Å². The Morgan fingerprint density at radius 1 is 0.623 bits per heavy atom. The summed E-state index contributed by atoms with van der Waals surface area (Å²) < 4.78 is 56.4. The molecule has 2 aromatic heterocycles. The molecule has 8 rings (SSSR count). The van der Waals surface area contributed by atoms with Gasteiger partial charge < -0.3 is 9.97 Å². The van der Waals surface area contributed by atoms with Crippen LogP contribution in [-0.4, -0.2) is 9.97 Å². The zero-order valence-corrected chi connectivity index (χ0v) is 32.1. The Labute approximate surface area is 338 Å². The van der Waals surface area contributed by atoms with Crippen molar-refractivity contribution in [3.8, 4) is 55.9 Å². The molecule has 0 aliphatic heterocycles. The Hall–Kier alpha value is -4.95. The van der Waals surface area contributed by atoms with Gasteiger partial charge in [0.25, 0.3) is 0 Å². The van der Waals surface area contributed by atoms with Crippen molar-refractivity contribution in [3.05, 3.63) is 179 Å². The van der Waals surface area contributed by atoms with Crippen LogP contribution in [0.25, 0.3) is 55.9 Å². The van der Waals surface area contributed by atoms with Gasteiger partial charge in [0.05, 0.1) is 0 Å². The van der Waals surface area contributed by atoms with E-state index in [0.29, 0.717) is 17.0 Å². The van der Waals surface area contributed by atoms with Gasteiger partial charge >= 0.3 is 0 Å². The molecule has 53 heavy (non-hydrogen) atoms. The molecule has 1 aliphatic carbocycles. The summed E-state index contributed by atoms with van der Waals surface area (Å²) in [5.74, 6) is -0.569. The van der Waals surface area contributed by atoms with E-state index in [0.717, 1.165) is 88.6 Å². The Bertz CT molecular complexity index is 2580. The van der Waals surface area contributed by atoms with E-state index in [9.17, 15) is 0 Å². The number of pyridine rings is 2. The standard InChI is InChI=1S/C50H44N2.Ir/c1-34-12-27-49(51-32-34)43-17-15-37(16-18-43)13-14-38-28-35(2)29-45(30-38)47-11-7-6-10-46(47)41-23-25-44(26-24-41)50-31-48(36(3)33-52-50)42-21-19-40(20-22-42)39-8-4-5-9-39;/h6-7,10-12,15-17,19-25,27-33,39H,4-5,8-9,13-14H2,1-3H3;/q-2;/i1D3,3D3,39D;. The van der Waals surface area contributed by atoms with Crippen molar-refractivity contribution < 1.29 is 29.7 Å². The Morgan fingerprint density at radius 2 is 1.34 bits per heavy atom. The molecule has 1 saturated carbocycles. The van der Waals surface area contributed by atoms with Crippen LogP contribution in [-0.2, 0) is 32.9 Å². The fourth-order valence-corrected chi connectivity index (χ4v) is 7.33. The Kier molecular flexibility index (Phi) is 8.82. The molecule has 1 aliphatic rings. The minimum absolute atomic E-state index is 0. The number of hydrogen-bond acceptors (Lipinski definition) is 2. The van der Waals surface area contributed by atoms with E-state index in [1.807, 2.05) is 60.7 Å². The molecule has 0 atom stereocenters. The molecule has 1 radical (unpaired) electrons. The van der Waals surface area contributed by atoms with Crippen LogP contribution in [0.15, 0.2) is 134 Å². The van der Waals surface area contributed by atoms with Crippen LogP contribution in [0.4, 0.5) is 0 Å². The smallest absolute Gasteiger partial charge is 0.0352 e. The summed E-state index contributed by atoms with van der Waals surface area (Å²) in [6.07, 6.45) is 8.38. The zero-order valence-electron chi connectivity index (χ0n) is 36.7. The maximum absolute atomic E-state index is 8.92. The van der Waals surface area contributed by atoms with Crippen molar-refractivity contribution in [2.45, 2.75) is 65.0 Å². The number of nitrogens with zero attached hydrogens (tertiary/aromatic N) is 2. The first-order chi connectivity index (χ1) is 28.2. The van der Waals surface area contributed by atoms with Gasteiger partial charge in [-0.1, -0.05) is 121 Å². The third kappa shape index (κ3) is 8.33. The topological polar surface area (TPSA) is 25.8 Å². The van der Waals surface area contributed by atoms with Gasteiger partial charge in [-0.25, -0.2) is 0 Å². The Morgan fingerprint density at radius 3 is 2.04 bits per heavy atom. The van der Waals surface area contributed by atoms with Gasteiger partial charge in [-0.15, -0.1) is 65.2 Å². The van der Waals surface area contributed by atoms with E-state index in [-0.39, 0.29) is 31.2 Å². The normalized spacial score (nSPS) is 15.8. The van der Waals surface area contributed by atoms with Crippen molar-refractivity contribution in [2.24, 2.45) is 0 Å². The van der Waals surface area contributed by atoms with Gasteiger partial charge in [0.15, 0.2) is 0 Å². The van der Waals surface area contributed by atoms with Crippen LogP contribution in [0.1, 0.15) is 74.6 Å². The van der Waals surface area contributed by atoms with E-state index < -0.39 is 19.6 Å². The van der Waals surface area contributed by atoms with Gasteiger partial charge in [0.1, 0.15) is 0 Å². The summed E-state index contributed by atoms with van der Waals surface area (Å²) in [6, 6.07) is 47.0. The predicted octanol–water partition coefficient (Wildman–Crippen LogP) is 12.8. The second kappa shape index (κ2) is 16.4. The van der Waals surface area contributed by atoms with Gasteiger partial charge in [0, 0.05) is 42.1 Å². The van der Waals surface area contributed by atoms with Crippen LogP contribution >= 0.6 is 0 Å². The first kappa shape index (κ1) is 28.5. The van der Waals surface area contributed by atoms with E-state index in [1.54, 1.807) is 12.1 Å². The second-order valence-electron chi connectivity index (χ2n) is 13.8. The van der Waals surface area contributed by atoms with Crippen molar-refractivity contribution in [1.29, 1.82) is 0 Å². The third-order valence-corrected chi connectivity index (χ3v) is 10.1. The molecule has 1 fully saturated rings. The third-order valence-electron chi connectivity index (χ3n) is 10.1. The van der Waals surface area contributed by atoms with Gasteiger partial charge in [-0.05, 0) is 102 Å². The molecule has 2 heterocycles. The minimum atomic E-state index is -2.34. The molecule has 265 valence electrons. The quantitative estimate of drug-likeness (QED) is 0.135. The summed E-state index contributed by atoms with van der Waals surface area (Å²) in [7, 11) is 0. The fraction of sp³-hybridized carbons (Fsp3) is 0.200. The Balaban J connectivity index is 0.00000544. The number of benzene rings is 5. The molecule has 0 amide bonds. The molecule has 0 N–H and O–H groups in total. The molecule has 5 aromatic carbocycles. The van der Waals surface area contributed by atoms with Crippen molar-refractivity contribution in [3.63, 3.8) is 0 Å². The van der Waals surface area contributed by atoms with Crippen LogP contribution in [0.3, 0.4) is 0 Å². The van der Waals surface area contributed by atoms with Crippen molar-refractivity contribution in [2.75, 3.05) is 0 Å². The number of rotatable bonds is 9. The molecule has 0 unspecified atom stereocenters. The first-order valence-corrected chi connectivity index (χ1v) is 18.1. The van der Waals surface area contributed by atoms with Gasteiger partial charge in [-0.3, -0.25) is 0 Å². The monoisotopic (exact) mass is 872 g/mol. The number of aromatic nitrogens is 2. The number of aryl methyl sites for hydroxylation is 5. The van der Waals surface area contributed by atoms with E-state index in [4.69, 9.17) is 9.60 Å². The summed E-state index contributed by atoms with van der Waals surface area (Å²) in [6.45, 7) is -2.39. The molecule has 3 heteroatoms. The maximum Gasteiger partial charge on any atom is 0.0352 e. The minimum Gasteiger partial charge on any atom is -0.304 e. The van der Waals surface area contributed by atoms with Gasteiger partial charge in [-0.2, -0.15) is 0 Å². The average Bonchev–Trinajstić information content (AvgIpc) is 3.69. The summed E-state index contributed by atoms with van der Waals surface area (Å²) >= 11 is 0. The molecule has 0 bridgehead atoms. The number of hydrogen-bond donors (Lipinski definition) is 0. The van der Waals surface area contributed by atoms with E-state index in [2.05, 4.69) is 77.6 Å². The zero-order chi connectivity index (χ0) is 41.4. The largest absolute Gasteiger partial charge is 0.304 e. The SMILES string of the molecule is [2H]C([2H])([2H])c1ccc(-c2[c-]cc(CCc3cc(C)cc(-c4ccccc4-c4c[c-]c(-c5cc(-c6ccc(C7([2H])CCCC7)cc6)c(C([2H])([2H])[2H])cn5)cc4)c3)cc2)nc1.[Ir]. The van der Waals surface area contributed by atoms with Crippen LogP contribution < -0.4 is 0 Å². The van der Waals surface area contributed by atoms with Crippen LogP contribution in [0.2, 0.25) is 0 Å².